The van der Waals surface area contributed by atoms with Crippen LogP contribution in [0.2, 0.25) is 0 Å². The summed E-state index contributed by atoms with van der Waals surface area (Å²) in [5, 5.41) is 9.07. The Hall–Kier alpha value is -3.65. The second kappa shape index (κ2) is 9.87. The second-order valence-electron chi connectivity index (χ2n) is 8.83. The summed E-state index contributed by atoms with van der Waals surface area (Å²) in [6.45, 7) is 9.66. The normalized spacial score (nSPS) is 18.5. The van der Waals surface area contributed by atoms with Crippen molar-refractivity contribution in [1.82, 2.24) is 14.5 Å². The molecule has 4 rings (SSSR count). The molecular weight excluding hydrogens is 408 g/mol. The number of nitriles is 1. The van der Waals surface area contributed by atoms with E-state index in [0.717, 1.165) is 47.4 Å². The van der Waals surface area contributed by atoms with E-state index in [1.165, 1.54) is 0 Å². The topological polar surface area (TPSA) is 61.9 Å². The van der Waals surface area contributed by atoms with Crippen molar-refractivity contribution in [3.63, 3.8) is 0 Å². The zero-order valence-electron chi connectivity index (χ0n) is 19.4. The van der Waals surface area contributed by atoms with E-state index in [0.29, 0.717) is 24.3 Å². The summed E-state index contributed by atoms with van der Waals surface area (Å²) in [7, 11) is 0. The summed E-state index contributed by atoms with van der Waals surface area (Å²) in [6.07, 6.45) is 8.09. The molecule has 3 heterocycles. The van der Waals surface area contributed by atoms with E-state index >= 15 is 0 Å². The largest absolute Gasteiger partial charge is 0.346 e. The minimum Gasteiger partial charge on any atom is -0.346 e. The third-order valence-corrected chi connectivity index (χ3v) is 6.57. The lowest BCUT2D eigenvalue weighted by Crippen LogP contribution is -2.34. The number of carbonyl (C=O) groups is 1. The molecule has 33 heavy (non-hydrogen) atoms. The highest BCUT2D eigenvalue weighted by Crippen LogP contribution is 2.27. The molecule has 1 aromatic carbocycles. The summed E-state index contributed by atoms with van der Waals surface area (Å²) in [5.74, 6) is 0.611. The van der Waals surface area contributed by atoms with E-state index in [1.54, 1.807) is 6.07 Å². The monoisotopic (exact) mass is 438 g/mol. The van der Waals surface area contributed by atoms with Crippen LogP contribution in [0.25, 0.3) is 16.6 Å². The van der Waals surface area contributed by atoms with Gasteiger partial charge >= 0.3 is 0 Å². The number of benzene rings is 1. The first-order valence-electron chi connectivity index (χ1n) is 11.6. The Morgan fingerprint density at radius 3 is 2.91 bits per heavy atom. The number of fused-ring (bicyclic) bond motifs is 1. The van der Waals surface area contributed by atoms with Crippen LogP contribution in [0, 0.1) is 17.2 Å². The molecule has 0 aliphatic carbocycles. The fourth-order valence-corrected chi connectivity index (χ4v) is 4.86. The summed E-state index contributed by atoms with van der Waals surface area (Å²) in [5.41, 5.74) is 5.74. The first kappa shape index (κ1) is 22.5. The number of rotatable bonds is 7. The lowest BCUT2D eigenvalue weighted by atomic mass is 10.1. The number of pyridine rings is 1. The molecular formula is C28H30N4O. The van der Waals surface area contributed by atoms with E-state index in [4.69, 9.17) is 10.2 Å². The maximum atomic E-state index is 12.9. The molecule has 0 bridgehead atoms. The van der Waals surface area contributed by atoms with Crippen LogP contribution in [0.4, 0.5) is 0 Å². The summed E-state index contributed by atoms with van der Waals surface area (Å²) < 4.78 is 2.26. The lowest BCUT2D eigenvalue weighted by Gasteiger charge is -2.21. The SMILES string of the molecule is C=C/C(=C\C)c1ccc2c(ccn2CC2CC(C)N(C(=O)CCc3cccc(C#N)c3)C2)n1. The molecule has 0 N–H and O–H groups in total. The third-order valence-electron chi connectivity index (χ3n) is 6.57. The van der Waals surface area contributed by atoms with Gasteiger partial charge in [0.2, 0.25) is 5.91 Å². The maximum absolute atomic E-state index is 12.9. The van der Waals surface area contributed by atoms with Gasteiger partial charge in [-0.3, -0.25) is 4.79 Å². The standard InChI is InChI=1S/C28H30N4O/c1-4-24(5-2)25-10-11-27-26(30-25)13-14-31(27)18-23-15-20(3)32(19-23)28(33)12-9-21-7-6-8-22(16-21)17-29/h4-8,10-11,13-14,16,20,23H,1,9,12,15,18-19H2,2-3H3/b24-5+. The van der Waals surface area contributed by atoms with Gasteiger partial charge in [-0.05, 0) is 74.1 Å². The van der Waals surface area contributed by atoms with Crippen LogP contribution in [0.5, 0.6) is 0 Å². The molecule has 1 saturated heterocycles. The van der Waals surface area contributed by atoms with Crippen molar-refractivity contribution in [2.75, 3.05) is 6.54 Å². The number of allylic oxidation sites excluding steroid dienone is 3. The first-order chi connectivity index (χ1) is 16.0. The van der Waals surface area contributed by atoms with Crippen LogP contribution in [-0.4, -0.2) is 32.9 Å². The number of aromatic nitrogens is 2. The quantitative estimate of drug-likeness (QED) is 0.466. The van der Waals surface area contributed by atoms with Crippen LogP contribution in [0.3, 0.4) is 0 Å². The Morgan fingerprint density at radius 1 is 1.30 bits per heavy atom. The van der Waals surface area contributed by atoms with Gasteiger partial charge in [0.25, 0.3) is 0 Å². The Labute approximate surface area is 195 Å². The average Bonchev–Trinajstić information content (AvgIpc) is 3.41. The maximum Gasteiger partial charge on any atom is 0.223 e. The molecule has 0 spiro atoms. The van der Waals surface area contributed by atoms with Gasteiger partial charge in [-0.15, -0.1) is 0 Å². The zero-order valence-corrected chi connectivity index (χ0v) is 19.4. The van der Waals surface area contributed by atoms with E-state index in [2.05, 4.69) is 42.5 Å². The van der Waals surface area contributed by atoms with Crippen molar-refractivity contribution in [3.05, 3.63) is 84.2 Å². The van der Waals surface area contributed by atoms with Crippen molar-refractivity contribution >= 4 is 22.5 Å². The van der Waals surface area contributed by atoms with Crippen LogP contribution in [-0.2, 0) is 17.8 Å². The molecule has 2 aromatic heterocycles. The predicted molar refractivity (Wildman–Crippen MR) is 132 cm³/mol. The molecule has 168 valence electrons. The Kier molecular flexibility index (Phi) is 6.74. The van der Waals surface area contributed by atoms with Crippen LogP contribution in [0.15, 0.2) is 67.4 Å². The molecule has 3 aromatic rings. The van der Waals surface area contributed by atoms with Crippen LogP contribution in [0.1, 0.15) is 43.5 Å². The van der Waals surface area contributed by atoms with Gasteiger partial charge in [0, 0.05) is 31.7 Å². The minimum absolute atomic E-state index is 0.194. The fourth-order valence-electron chi connectivity index (χ4n) is 4.86. The number of likely N-dealkylation sites (tertiary alicyclic amines) is 1. The second-order valence-corrected chi connectivity index (χ2v) is 8.83. The highest BCUT2D eigenvalue weighted by atomic mass is 16.2. The Balaban J connectivity index is 1.39. The van der Waals surface area contributed by atoms with E-state index in [9.17, 15) is 4.79 Å². The minimum atomic E-state index is 0.194. The van der Waals surface area contributed by atoms with Gasteiger partial charge < -0.3 is 9.47 Å². The van der Waals surface area contributed by atoms with Crippen LogP contribution >= 0.6 is 0 Å². The number of hydrogen-bond acceptors (Lipinski definition) is 3. The number of amides is 1. The van der Waals surface area contributed by atoms with Gasteiger partial charge in [0.1, 0.15) is 0 Å². The van der Waals surface area contributed by atoms with Gasteiger partial charge in [-0.25, -0.2) is 4.98 Å². The molecule has 5 heteroatoms. The zero-order chi connectivity index (χ0) is 23.4. The van der Waals surface area contributed by atoms with E-state index in [1.807, 2.05) is 48.2 Å². The van der Waals surface area contributed by atoms with Crippen molar-refractivity contribution < 1.29 is 4.79 Å². The van der Waals surface area contributed by atoms with Gasteiger partial charge in [-0.1, -0.05) is 30.9 Å². The molecule has 0 radical (unpaired) electrons. The first-order valence-corrected chi connectivity index (χ1v) is 11.6. The molecule has 1 aliphatic rings. The number of nitrogens with zero attached hydrogens (tertiary/aromatic N) is 4. The molecule has 1 amide bonds. The molecule has 2 atom stereocenters. The number of aryl methyl sites for hydroxylation is 1. The average molecular weight is 439 g/mol. The number of carbonyl (C=O) groups excluding carboxylic acids is 1. The lowest BCUT2D eigenvalue weighted by molar-refractivity contribution is -0.131. The number of hydrogen-bond donors (Lipinski definition) is 0. The summed E-state index contributed by atoms with van der Waals surface area (Å²) >= 11 is 0. The Bertz CT molecular complexity index is 1250. The third kappa shape index (κ3) is 4.90. The van der Waals surface area contributed by atoms with Crippen molar-refractivity contribution in [3.8, 4) is 6.07 Å². The predicted octanol–water partition coefficient (Wildman–Crippen LogP) is 5.37. The summed E-state index contributed by atoms with van der Waals surface area (Å²) in [6, 6.07) is 16.2. The Morgan fingerprint density at radius 2 is 2.15 bits per heavy atom. The van der Waals surface area contributed by atoms with Gasteiger partial charge in [0.05, 0.1) is 28.4 Å². The molecule has 1 aliphatic heterocycles. The van der Waals surface area contributed by atoms with Gasteiger partial charge in [0.15, 0.2) is 0 Å². The highest BCUT2D eigenvalue weighted by molar-refractivity contribution is 5.81. The fraction of sp³-hybridized carbons (Fsp3) is 0.321. The van der Waals surface area contributed by atoms with E-state index < -0.39 is 0 Å². The van der Waals surface area contributed by atoms with Crippen molar-refractivity contribution in [1.29, 1.82) is 5.26 Å². The van der Waals surface area contributed by atoms with Crippen molar-refractivity contribution in [2.45, 2.75) is 45.7 Å². The van der Waals surface area contributed by atoms with E-state index in [-0.39, 0.29) is 11.9 Å². The smallest absolute Gasteiger partial charge is 0.223 e. The van der Waals surface area contributed by atoms with Gasteiger partial charge in [-0.2, -0.15) is 5.26 Å². The molecule has 2 unspecified atom stereocenters. The molecule has 5 nitrogen and oxygen atoms in total. The van der Waals surface area contributed by atoms with Crippen molar-refractivity contribution in [2.24, 2.45) is 5.92 Å². The van der Waals surface area contributed by atoms with Crippen LogP contribution < -0.4 is 0 Å². The molecule has 0 saturated carbocycles. The summed E-state index contributed by atoms with van der Waals surface area (Å²) in [4.78, 5) is 19.8. The highest BCUT2D eigenvalue weighted by Gasteiger charge is 2.32. The molecule has 1 fully saturated rings.